The number of carboxylic acids is 1. The molecular formula is C14H21NO3. The van der Waals surface area contributed by atoms with Gasteiger partial charge in [-0.1, -0.05) is 6.92 Å². The Labute approximate surface area is 108 Å². The number of hydrogen-bond acceptors (Lipinski definition) is 3. The van der Waals surface area contributed by atoms with Crippen LogP contribution in [0.2, 0.25) is 0 Å². The fourth-order valence-corrected chi connectivity index (χ4v) is 1.93. The van der Waals surface area contributed by atoms with E-state index in [2.05, 4.69) is 5.32 Å². The SMILES string of the molecule is COc1c(C)cc(NCCC(C)C(=O)O)cc1C. The van der Waals surface area contributed by atoms with Crippen LogP contribution in [0, 0.1) is 19.8 Å². The number of nitrogens with one attached hydrogen (secondary N) is 1. The maximum absolute atomic E-state index is 10.7. The topological polar surface area (TPSA) is 58.6 Å². The molecule has 0 fully saturated rings. The Morgan fingerprint density at radius 3 is 2.39 bits per heavy atom. The lowest BCUT2D eigenvalue weighted by Crippen LogP contribution is -2.14. The zero-order valence-electron chi connectivity index (χ0n) is 11.4. The van der Waals surface area contributed by atoms with E-state index in [9.17, 15) is 4.79 Å². The van der Waals surface area contributed by atoms with Crippen LogP contribution in [0.4, 0.5) is 5.69 Å². The van der Waals surface area contributed by atoms with Crippen molar-refractivity contribution in [3.63, 3.8) is 0 Å². The van der Waals surface area contributed by atoms with Gasteiger partial charge in [0.2, 0.25) is 0 Å². The third-order valence-electron chi connectivity index (χ3n) is 2.99. The zero-order chi connectivity index (χ0) is 13.7. The average molecular weight is 251 g/mol. The quantitative estimate of drug-likeness (QED) is 0.816. The summed E-state index contributed by atoms with van der Waals surface area (Å²) in [6.07, 6.45) is 0.611. The number of aryl methyl sites for hydroxylation is 2. The van der Waals surface area contributed by atoms with Gasteiger partial charge >= 0.3 is 5.97 Å². The highest BCUT2D eigenvalue weighted by Gasteiger charge is 2.10. The fraction of sp³-hybridized carbons (Fsp3) is 0.500. The number of hydrogen-bond donors (Lipinski definition) is 2. The lowest BCUT2D eigenvalue weighted by molar-refractivity contribution is -0.141. The molecule has 1 unspecified atom stereocenters. The van der Waals surface area contributed by atoms with Gasteiger partial charge < -0.3 is 15.2 Å². The van der Waals surface area contributed by atoms with Gasteiger partial charge in [-0.25, -0.2) is 0 Å². The van der Waals surface area contributed by atoms with Crippen molar-refractivity contribution in [1.82, 2.24) is 0 Å². The van der Waals surface area contributed by atoms with Gasteiger partial charge in [0, 0.05) is 12.2 Å². The number of carbonyl (C=O) groups is 1. The third kappa shape index (κ3) is 3.65. The summed E-state index contributed by atoms with van der Waals surface area (Å²) in [4.78, 5) is 10.7. The standard InChI is InChI=1S/C14H21NO3/c1-9(14(16)17)5-6-15-12-7-10(2)13(18-4)11(3)8-12/h7-9,15H,5-6H2,1-4H3,(H,16,17). The van der Waals surface area contributed by atoms with E-state index >= 15 is 0 Å². The summed E-state index contributed by atoms with van der Waals surface area (Å²) in [6.45, 7) is 6.36. The van der Waals surface area contributed by atoms with Crippen LogP contribution < -0.4 is 10.1 Å². The molecule has 0 aliphatic rings. The highest BCUT2D eigenvalue weighted by Crippen LogP contribution is 2.26. The third-order valence-corrected chi connectivity index (χ3v) is 2.99. The van der Waals surface area contributed by atoms with Crippen LogP contribution >= 0.6 is 0 Å². The number of ether oxygens (including phenoxy) is 1. The summed E-state index contributed by atoms with van der Waals surface area (Å²) in [5, 5.41) is 12.0. The molecule has 0 bridgehead atoms. The highest BCUT2D eigenvalue weighted by atomic mass is 16.5. The molecule has 4 heteroatoms. The first-order valence-corrected chi connectivity index (χ1v) is 6.07. The maximum atomic E-state index is 10.7. The molecule has 1 aromatic rings. The molecule has 0 aliphatic heterocycles. The Bertz CT molecular complexity index is 406. The number of benzene rings is 1. The van der Waals surface area contributed by atoms with Crippen molar-refractivity contribution in [2.45, 2.75) is 27.2 Å². The fourth-order valence-electron chi connectivity index (χ4n) is 1.93. The van der Waals surface area contributed by atoms with Crippen LogP contribution in [0.15, 0.2) is 12.1 Å². The van der Waals surface area contributed by atoms with Crippen molar-refractivity contribution in [3.8, 4) is 5.75 Å². The van der Waals surface area contributed by atoms with E-state index in [4.69, 9.17) is 9.84 Å². The van der Waals surface area contributed by atoms with Gasteiger partial charge in [-0.05, 0) is 43.5 Å². The lowest BCUT2D eigenvalue weighted by atomic mass is 10.1. The molecule has 1 aromatic carbocycles. The van der Waals surface area contributed by atoms with Crippen molar-refractivity contribution < 1.29 is 14.6 Å². The Hall–Kier alpha value is -1.71. The van der Waals surface area contributed by atoms with Crippen molar-refractivity contribution in [2.75, 3.05) is 19.0 Å². The molecule has 0 amide bonds. The van der Waals surface area contributed by atoms with E-state index in [0.717, 1.165) is 22.6 Å². The van der Waals surface area contributed by atoms with Crippen molar-refractivity contribution in [2.24, 2.45) is 5.92 Å². The van der Waals surface area contributed by atoms with E-state index < -0.39 is 5.97 Å². The number of carboxylic acid groups (broad SMARTS) is 1. The minimum Gasteiger partial charge on any atom is -0.496 e. The molecule has 0 heterocycles. The van der Waals surface area contributed by atoms with Crippen molar-refractivity contribution in [1.29, 1.82) is 0 Å². The van der Waals surface area contributed by atoms with Gasteiger partial charge in [0.15, 0.2) is 0 Å². The van der Waals surface area contributed by atoms with Crippen molar-refractivity contribution >= 4 is 11.7 Å². The highest BCUT2D eigenvalue weighted by molar-refractivity contribution is 5.69. The lowest BCUT2D eigenvalue weighted by Gasteiger charge is -2.13. The molecule has 0 saturated carbocycles. The molecule has 0 aromatic heterocycles. The summed E-state index contributed by atoms with van der Waals surface area (Å²) >= 11 is 0. The normalized spacial score (nSPS) is 12.0. The molecule has 0 aliphatic carbocycles. The molecule has 2 N–H and O–H groups in total. The molecule has 1 rings (SSSR count). The predicted molar refractivity (Wildman–Crippen MR) is 72.4 cm³/mol. The second kappa shape index (κ2) is 6.28. The molecule has 1 atom stereocenters. The van der Waals surface area contributed by atoms with Crippen LogP contribution in [0.3, 0.4) is 0 Å². The Kier molecular flexibility index (Phi) is 5.01. The Balaban J connectivity index is 2.61. The smallest absolute Gasteiger partial charge is 0.306 e. The summed E-state index contributed by atoms with van der Waals surface area (Å²) in [5.74, 6) is -0.170. The second-order valence-electron chi connectivity index (χ2n) is 4.60. The van der Waals surface area contributed by atoms with E-state index in [-0.39, 0.29) is 5.92 Å². The predicted octanol–water partition coefficient (Wildman–Crippen LogP) is 2.83. The number of rotatable bonds is 6. The van der Waals surface area contributed by atoms with Gasteiger partial charge in [0.1, 0.15) is 5.75 Å². The maximum Gasteiger partial charge on any atom is 0.306 e. The summed E-state index contributed by atoms with van der Waals surface area (Å²) in [6, 6.07) is 4.02. The Morgan fingerprint density at radius 1 is 1.39 bits per heavy atom. The first-order valence-electron chi connectivity index (χ1n) is 6.07. The van der Waals surface area contributed by atoms with Crippen LogP contribution in [-0.2, 0) is 4.79 Å². The van der Waals surface area contributed by atoms with Crippen LogP contribution in [0.1, 0.15) is 24.5 Å². The van der Waals surface area contributed by atoms with E-state index in [0.29, 0.717) is 13.0 Å². The first-order chi connectivity index (χ1) is 8.45. The molecule has 100 valence electrons. The molecular weight excluding hydrogens is 230 g/mol. The van der Waals surface area contributed by atoms with Crippen LogP contribution in [-0.4, -0.2) is 24.7 Å². The van der Waals surface area contributed by atoms with Gasteiger partial charge in [0.25, 0.3) is 0 Å². The van der Waals surface area contributed by atoms with Crippen molar-refractivity contribution in [3.05, 3.63) is 23.3 Å². The van der Waals surface area contributed by atoms with Crippen LogP contribution in [0.5, 0.6) is 5.75 Å². The molecule has 0 saturated heterocycles. The zero-order valence-corrected chi connectivity index (χ0v) is 11.4. The van der Waals surface area contributed by atoms with E-state index in [1.165, 1.54) is 0 Å². The number of aliphatic carboxylic acids is 1. The Morgan fingerprint density at radius 2 is 1.94 bits per heavy atom. The minimum absolute atomic E-state index is 0.321. The largest absolute Gasteiger partial charge is 0.496 e. The first kappa shape index (κ1) is 14.4. The van der Waals surface area contributed by atoms with E-state index in [1.54, 1.807) is 14.0 Å². The average Bonchev–Trinajstić information content (AvgIpc) is 2.28. The number of methoxy groups -OCH3 is 1. The molecule has 0 spiro atoms. The van der Waals surface area contributed by atoms with Gasteiger partial charge in [-0.15, -0.1) is 0 Å². The van der Waals surface area contributed by atoms with Gasteiger partial charge in [0.05, 0.1) is 13.0 Å². The van der Waals surface area contributed by atoms with Gasteiger partial charge in [-0.3, -0.25) is 4.79 Å². The summed E-state index contributed by atoms with van der Waals surface area (Å²) < 4.78 is 5.30. The van der Waals surface area contributed by atoms with Crippen LogP contribution in [0.25, 0.3) is 0 Å². The molecule has 0 radical (unpaired) electrons. The monoisotopic (exact) mass is 251 g/mol. The minimum atomic E-state index is -0.751. The van der Waals surface area contributed by atoms with E-state index in [1.807, 2.05) is 26.0 Å². The van der Waals surface area contributed by atoms with Gasteiger partial charge in [-0.2, -0.15) is 0 Å². The second-order valence-corrected chi connectivity index (χ2v) is 4.60. The number of anilines is 1. The summed E-state index contributed by atoms with van der Waals surface area (Å²) in [7, 11) is 1.66. The molecule has 18 heavy (non-hydrogen) atoms. The molecule has 4 nitrogen and oxygen atoms in total. The summed E-state index contributed by atoms with van der Waals surface area (Å²) in [5.41, 5.74) is 3.15.